The van der Waals surface area contributed by atoms with Crippen molar-refractivity contribution in [2.75, 3.05) is 20.2 Å². The van der Waals surface area contributed by atoms with Gasteiger partial charge in [-0.05, 0) is 0 Å². The number of hydrogen-bond acceptors (Lipinski definition) is 5. The molecule has 96 valence electrons. The zero-order valence-corrected chi connectivity index (χ0v) is 10.2. The second-order valence-electron chi connectivity index (χ2n) is 4.03. The molecule has 6 heteroatoms. The summed E-state index contributed by atoms with van der Waals surface area (Å²) in [5.74, 6) is 0.534. The summed E-state index contributed by atoms with van der Waals surface area (Å²) in [5, 5.41) is 0. The predicted molar refractivity (Wildman–Crippen MR) is 64.0 cm³/mol. The van der Waals surface area contributed by atoms with Gasteiger partial charge in [-0.1, -0.05) is 6.08 Å². The summed E-state index contributed by atoms with van der Waals surface area (Å²) in [6, 6.07) is 0. The molecule has 0 atom stereocenters. The fraction of sp³-hybridized carbons (Fsp3) is 0.417. The zero-order valence-electron chi connectivity index (χ0n) is 10.2. The lowest BCUT2D eigenvalue weighted by molar-refractivity contribution is -0.134. The number of carbonyl (C=O) groups is 2. The highest BCUT2D eigenvalue weighted by Gasteiger charge is 2.18. The number of carbonyl (C=O) groups excluding carboxylic acids is 2. The van der Waals surface area contributed by atoms with Crippen molar-refractivity contribution in [1.29, 1.82) is 0 Å². The number of imidazole rings is 1. The van der Waals surface area contributed by atoms with E-state index in [4.69, 9.17) is 0 Å². The second kappa shape index (κ2) is 5.59. The van der Waals surface area contributed by atoms with Gasteiger partial charge in [0.25, 0.3) is 0 Å². The molecular formula is C12H15N3O3. The van der Waals surface area contributed by atoms with Gasteiger partial charge in [-0.2, -0.15) is 0 Å². The molecule has 1 aliphatic heterocycles. The second-order valence-corrected chi connectivity index (χ2v) is 4.03. The standard InChI is InChI=1S/C12H15N3O3/c1-18-12(17)3-2-4-14-5-6-15-10(9-16)7-13-11(15)8-14/h2-3,7,9H,4-6,8H2,1H3/b3-2+. The summed E-state index contributed by atoms with van der Waals surface area (Å²) in [6.07, 6.45) is 5.60. The van der Waals surface area contributed by atoms with E-state index >= 15 is 0 Å². The van der Waals surface area contributed by atoms with E-state index in [9.17, 15) is 9.59 Å². The normalized spacial score (nSPS) is 15.6. The van der Waals surface area contributed by atoms with Crippen LogP contribution in [-0.2, 0) is 22.6 Å². The SMILES string of the molecule is COC(=O)/C=C/CN1CCn2c(C=O)cnc2C1. The third-order valence-corrected chi connectivity index (χ3v) is 2.91. The van der Waals surface area contributed by atoms with E-state index in [-0.39, 0.29) is 5.97 Å². The molecule has 1 aromatic rings. The van der Waals surface area contributed by atoms with E-state index < -0.39 is 0 Å². The Morgan fingerprint density at radius 3 is 3.11 bits per heavy atom. The maximum atomic E-state index is 10.9. The van der Waals surface area contributed by atoms with Crippen molar-refractivity contribution in [2.24, 2.45) is 0 Å². The molecule has 0 saturated heterocycles. The molecule has 2 rings (SSSR count). The van der Waals surface area contributed by atoms with E-state index in [1.807, 2.05) is 4.57 Å². The highest BCUT2D eigenvalue weighted by Crippen LogP contribution is 2.12. The summed E-state index contributed by atoms with van der Waals surface area (Å²) >= 11 is 0. The molecule has 1 aromatic heterocycles. The molecule has 1 aliphatic rings. The van der Waals surface area contributed by atoms with E-state index in [0.717, 1.165) is 25.2 Å². The van der Waals surface area contributed by atoms with Gasteiger partial charge in [-0.15, -0.1) is 0 Å². The van der Waals surface area contributed by atoms with Crippen LogP contribution in [0.15, 0.2) is 18.3 Å². The Labute approximate surface area is 105 Å². The van der Waals surface area contributed by atoms with Crippen LogP contribution in [0.4, 0.5) is 0 Å². The van der Waals surface area contributed by atoms with Crippen molar-refractivity contribution >= 4 is 12.3 Å². The maximum Gasteiger partial charge on any atom is 0.330 e. The van der Waals surface area contributed by atoms with E-state index in [1.54, 1.807) is 12.3 Å². The first-order valence-electron chi connectivity index (χ1n) is 5.71. The summed E-state index contributed by atoms with van der Waals surface area (Å²) in [7, 11) is 1.35. The lowest BCUT2D eigenvalue weighted by Crippen LogP contribution is -2.34. The monoisotopic (exact) mass is 249 g/mol. The minimum Gasteiger partial charge on any atom is -0.466 e. The molecule has 0 bridgehead atoms. The molecule has 0 spiro atoms. The molecule has 2 heterocycles. The van der Waals surface area contributed by atoms with Gasteiger partial charge >= 0.3 is 5.97 Å². The van der Waals surface area contributed by atoms with Crippen molar-refractivity contribution in [1.82, 2.24) is 14.5 Å². The van der Waals surface area contributed by atoms with Crippen LogP contribution in [0.2, 0.25) is 0 Å². The Kier molecular flexibility index (Phi) is 3.88. The van der Waals surface area contributed by atoms with E-state index in [0.29, 0.717) is 18.8 Å². The number of aromatic nitrogens is 2. The number of fused-ring (bicyclic) bond motifs is 1. The summed E-state index contributed by atoms with van der Waals surface area (Å²) in [4.78, 5) is 28.0. The smallest absolute Gasteiger partial charge is 0.330 e. The maximum absolute atomic E-state index is 10.9. The third kappa shape index (κ3) is 2.65. The summed E-state index contributed by atoms with van der Waals surface area (Å²) in [6.45, 7) is 2.92. The molecule has 0 amide bonds. The quantitative estimate of drug-likeness (QED) is 0.434. The summed E-state index contributed by atoms with van der Waals surface area (Å²) in [5.41, 5.74) is 0.620. The number of rotatable bonds is 4. The molecule has 0 N–H and O–H groups in total. The van der Waals surface area contributed by atoms with Crippen LogP contribution in [0.5, 0.6) is 0 Å². The van der Waals surface area contributed by atoms with Crippen LogP contribution in [0.3, 0.4) is 0 Å². The first kappa shape index (κ1) is 12.5. The molecular weight excluding hydrogens is 234 g/mol. The number of hydrogen-bond donors (Lipinski definition) is 0. The molecule has 6 nitrogen and oxygen atoms in total. The lowest BCUT2D eigenvalue weighted by Gasteiger charge is -2.26. The molecule has 18 heavy (non-hydrogen) atoms. The molecule has 0 aliphatic carbocycles. The molecule has 0 fully saturated rings. The van der Waals surface area contributed by atoms with Crippen molar-refractivity contribution in [3.63, 3.8) is 0 Å². The third-order valence-electron chi connectivity index (χ3n) is 2.91. The molecule has 0 saturated carbocycles. The number of aldehydes is 1. The van der Waals surface area contributed by atoms with Gasteiger partial charge in [0.15, 0.2) is 6.29 Å². The number of methoxy groups -OCH3 is 1. The van der Waals surface area contributed by atoms with Crippen LogP contribution < -0.4 is 0 Å². The molecule has 0 radical (unpaired) electrons. The molecule has 0 unspecified atom stereocenters. The van der Waals surface area contributed by atoms with Crippen molar-refractivity contribution in [3.8, 4) is 0 Å². The van der Waals surface area contributed by atoms with Crippen molar-refractivity contribution in [3.05, 3.63) is 29.9 Å². The average molecular weight is 249 g/mol. The van der Waals surface area contributed by atoms with Gasteiger partial charge in [0.2, 0.25) is 0 Å². The van der Waals surface area contributed by atoms with Gasteiger partial charge in [0, 0.05) is 25.7 Å². The minimum atomic E-state index is -0.350. The largest absolute Gasteiger partial charge is 0.466 e. The first-order valence-corrected chi connectivity index (χ1v) is 5.71. The fourth-order valence-corrected chi connectivity index (χ4v) is 1.95. The Hall–Kier alpha value is -1.95. The minimum absolute atomic E-state index is 0.350. The van der Waals surface area contributed by atoms with Gasteiger partial charge in [-0.25, -0.2) is 9.78 Å². The van der Waals surface area contributed by atoms with Crippen LogP contribution in [-0.4, -0.2) is 46.9 Å². The fourth-order valence-electron chi connectivity index (χ4n) is 1.95. The highest BCUT2D eigenvalue weighted by atomic mass is 16.5. The number of nitrogens with zero attached hydrogens (tertiary/aromatic N) is 3. The van der Waals surface area contributed by atoms with Crippen molar-refractivity contribution in [2.45, 2.75) is 13.1 Å². The lowest BCUT2D eigenvalue weighted by atomic mass is 10.3. The Balaban J connectivity index is 1.94. The predicted octanol–water partition coefficient (Wildman–Crippen LogP) is 0.240. The first-order chi connectivity index (χ1) is 8.74. The van der Waals surface area contributed by atoms with E-state index in [2.05, 4.69) is 14.6 Å². The van der Waals surface area contributed by atoms with Crippen LogP contribution in [0.25, 0.3) is 0 Å². The Bertz CT molecular complexity index is 479. The molecule has 0 aromatic carbocycles. The number of esters is 1. The van der Waals surface area contributed by atoms with Gasteiger partial charge in [-0.3, -0.25) is 9.69 Å². The zero-order chi connectivity index (χ0) is 13.0. The average Bonchev–Trinajstić information content (AvgIpc) is 2.80. The van der Waals surface area contributed by atoms with Gasteiger partial charge in [0.05, 0.1) is 19.9 Å². The summed E-state index contributed by atoms with van der Waals surface area (Å²) < 4.78 is 6.44. The van der Waals surface area contributed by atoms with E-state index in [1.165, 1.54) is 13.2 Å². The Morgan fingerprint density at radius 2 is 2.39 bits per heavy atom. The topological polar surface area (TPSA) is 64.4 Å². The van der Waals surface area contributed by atoms with Gasteiger partial charge < -0.3 is 9.30 Å². The van der Waals surface area contributed by atoms with Crippen LogP contribution in [0, 0.1) is 0 Å². The highest BCUT2D eigenvalue weighted by molar-refractivity contribution is 5.81. The van der Waals surface area contributed by atoms with Crippen LogP contribution in [0.1, 0.15) is 16.3 Å². The number of ether oxygens (including phenoxy) is 1. The van der Waals surface area contributed by atoms with Gasteiger partial charge in [0.1, 0.15) is 11.5 Å². The Morgan fingerprint density at radius 1 is 1.56 bits per heavy atom. The van der Waals surface area contributed by atoms with Crippen molar-refractivity contribution < 1.29 is 14.3 Å². The van der Waals surface area contributed by atoms with Crippen LogP contribution >= 0.6 is 0 Å².